The molecule has 1 aliphatic heterocycles. The molecule has 2 N–H and O–H groups in total. The van der Waals surface area contributed by atoms with Crippen LogP contribution in [0.4, 0.5) is 5.69 Å². The zero-order valence-corrected chi connectivity index (χ0v) is 14.9. The minimum Gasteiger partial charge on any atom is -0.497 e. The third kappa shape index (κ3) is 5.07. The molecule has 2 aromatic rings. The molecule has 0 spiro atoms. The van der Waals surface area contributed by atoms with Crippen LogP contribution in [0.1, 0.15) is 41.6 Å². The number of ether oxygens (including phenoxy) is 1. The Labute approximate surface area is 149 Å². The van der Waals surface area contributed by atoms with E-state index in [1.807, 2.05) is 36.4 Å². The molecule has 0 saturated carbocycles. The van der Waals surface area contributed by atoms with E-state index in [9.17, 15) is 4.79 Å². The van der Waals surface area contributed by atoms with Crippen molar-refractivity contribution < 1.29 is 14.4 Å². The number of rotatable bonds is 5. The molecule has 2 aromatic carbocycles. The van der Waals surface area contributed by atoms with E-state index >= 15 is 0 Å². The number of anilines is 1. The Kier molecular flexibility index (Phi) is 6.07. The van der Waals surface area contributed by atoms with E-state index in [0.717, 1.165) is 18.0 Å². The molecule has 0 aromatic heterocycles. The van der Waals surface area contributed by atoms with Crippen molar-refractivity contribution in [1.82, 2.24) is 0 Å². The summed E-state index contributed by atoms with van der Waals surface area (Å²) in [6.07, 6.45) is 5.40. The highest BCUT2D eigenvalue weighted by Crippen LogP contribution is 2.16. The number of hydrogen-bond donors (Lipinski definition) is 2. The van der Waals surface area contributed by atoms with Crippen molar-refractivity contribution in [3.05, 3.63) is 59.7 Å². The predicted molar refractivity (Wildman–Crippen MR) is 100 cm³/mol. The lowest BCUT2D eigenvalue weighted by Crippen LogP contribution is -3.10. The maximum Gasteiger partial charge on any atom is 0.255 e. The molecule has 1 saturated heterocycles. The first-order valence-corrected chi connectivity index (χ1v) is 9.12. The summed E-state index contributed by atoms with van der Waals surface area (Å²) in [6.45, 7) is 3.58. The first-order chi connectivity index (χ1) is 12.2. The van der Waals surface area contributed by atoms with Crippen LogP contribution in [-0.2, 0) is 6.54 Å². The first kappa shape index (κ1) is 17.5. The van der Waals surface area contributed by atoms with Crippen molar-refractivity contribution in [2.75, 3.05) is 25.5 Å². The number of likely N-dealkylation sites (tertiary alicyclic amines) is 1. The van der Waals surface area contributed by atoms with Gasteiger partial charge in [0.1, 0.15) is 12.3 Å². The van der Waals surface area contributed by atoms with Crippen molar-refractivity contribution in [1.29, 1.82) is 0 Å². The maximum absolute atomic E-state index is 12.4. The van der Waals surface area contributed by atoms with Gasteiger partial charge >= 0.3 is 0 Å². The van der Waals surface area contributed by atoms with Gasteiger partial charge in [-0.1, -0.05) is 12.1 Å². The van der Waals surface area contributed by atoms with E-state index < -0.39 is 0 Å². The first-order valence-electron chi connectivity index (χ1n) is 9.12. The van der Waals surface area contributed by atoms with Crippen LogP contribution in [0, 0.1) is 0 Å². The zero-order valence-electron chi connectivity index (χ0n) is 14.9. The quantitative estimate of drug-likeness (QED) is 0.880. The Balaban J connectivity index is 1.57. The van der Waals surface area contributed by atoms with Gasteiger partial charge in [-0.25, -0.2) is 0 Å². The molecule has 0 bridgehead atoms. The second-order valence-electron chi connectivity index (χ2n) is 6.72. The number of methoxy groups -OCH3 is 1. The second kappa shape index (κ2) is 8.67. The van der Waals surface area contributed by atoms with Gasteiger partial charge in [-0.15, -0.1) is 0 Å². The summed E-state index contributed by atoms with van der Waals surface area (Å²) in [5, 5.41) is 2.92. The number of nitrogens with one attached hydrogen (secondary N) is 2. The molecule has 1 amide bonds. The molecule has 1 heterocycles. The molecule has 1 aliphatic rings. The number of amides is 1. The minimum atomic E-state index is -0.0844. The molecule has 1 fully saturated rings. The highest BCUT2D eigenvalue weighted by atomic mass is 16.5. The number of quaternary nitrogens is 1. The summed E-state index contributed by atoms with van der Waals surface area (Å²) in [5.74, 6) is 0.692. The van der Waals surface area contributed by atoms with Crippen LogP contribution in [0.25, 0.3) is 0 Å². The number of hydrogen-bond acceptors (Lipinski definition) is 2. The fourth-order valence-corrected chi connectivity index (χ4v) is 3.35. The standard InChI is InChI=1S/C21H26N2O2/c1-25-20-12-10-19(11-13-20)22-21(24)18-8-6-17(7-9-18)16-23-14-4-2-3-5-15-23/h6-13H,2-5,14-16H2,1H3,(H,22,24)/p+1. The van der Waals surface area contributed by atoms with Gasteiger partial charge in [0.05, 0.1) is 20.2 Å². The second-order valence-corrected chi connectivity index (χ2v) is 6.72. The summed E-state index contributed by atoms with van der Waals surface area (Å²) in [6, 6.07) is 15.4. The highest BCUT2D eigenvalue weighted by Gasteiger charge is 2.13. The Hall–Kier alpha value is -2.33. The Morgan fingerprint density at radius 3 is 2.20 bits per heavy atom. The molecule has 4 heteroatoms. The lowest BCUT2D eigenvalue weighted by molar-refractivity contribution is -0.913. The van der Waals surface area contributed by atoms with E-state index in [1.165, 1.54) is 44.3 Å². The highest BCUT2D eigenvalue weighted by molar-refractivity contribution is 6.04. The summed E-state index contributed by atoms with van der Waals surface area (Å²) >= 11 is 0. The molecule has 3 rings (SSSR count). The van der Waals surface area contributed by atoms with Gasteiger partial charge in [-0.2, -0.15) is 0 Å². The van der Waals surface area contributed by atoms with Crippen LogP contribution in [0.2, 0.25) is 0 Å². The van der Waals surface area contributed by atoms with E-state index in [1.54, 1.807) is 12.0 Å². The summed E-state index contributed by atoms with van der Waals surface area (Å²) in [7, 11) is 1.63. The van der Waals surface area contributed by atoms with Gasteiger partial charge in [0.15, 0.2) is 0 Å². The smallest absolute Gasteiger partial charge is 0.255 e. The van der Waals surface area contributed by atoms with Gasteiger partial charge in [-0.05, 0) is 62.1 Å². The average Bonchev–Trinajstić information content (AvgIpc) is 2.91. The Morgan fingerprint density at radius 2 is 1.60 bits per heavy atom. The van der Waals surface area contributed by atoms with E-state index in [2.05, 4.69) is 17.4 Å². The molecule has 4 nitrogen and oxygen atoms in total. The average molecular weight is 339 g/mol. The topological polar surface area (TPSA) is 42.8 Å². The predicted octanol–water partition coefficient (Wildman–Crippen LogP) is 2.91. The van der Waals surface area contributed by atoms with Gasteiger partial charge in [0.2, 0.25) is 0 Å². The van der Waals surface area contributed by atoms with E-state index in [4.69, 9.17) is 4.74 Å². The van der Waals surface area contributed by atoms with Gasteiger partial charge in [0.25, 0.3) is 5.91 Å². The SMILES string of the molecule is COc1ccc(NC(=O)c2ccc(C[NH+]3CCCCCC3)cc2)cc1. The maximum atomic E-state index is 12.4. The summed E-state index contributed by atoms with van der Waals surface area (Å²) in [5.41, 5.74) is 2.76. The van der Waals surface area contributed by atoms with Crippen molar-refractivity contribution in [3.8, 4) is 5.75 Å². The molecule has 0 atom stereocenters. The van der Waals surface area contributed by atoms with Crippen LogP contribution in [0.3, 0.4) is 0 Å². The summed E-state index contributed by atoms with van der Waals surface area (Å²) < 4.78 is 5.13. The Bertz CT molecular complexity index is 672. The lowest BCUT2D eigenvalue weighted by Gasteiger charge is -2.17. The molecule has 25 heavy (non-hydrogen) atoms. The van der Waals surface area contributed by atoms with Crippen molar-refractivity contribution in [2.45, 2.75) is 32.2 Å². The molecule has 132 valence electrons. The van der Waals surface area contributed by atoms with Crippen molar-refractivity contribution in [2.24, 2.45) is 0 Å². The molecule has 0 aliphatic carbocycles. The zero-order chi connectivity index (χ0) is 17.5. The van der Waals surface area contributed by atoms with E-state index in [0.29, 0.717) is 5.56 Å². The number of benzene rings is 2. The monoisotopic (exact) mass is 339 g/mol. The van der Waals surface area contributed by atoms with Crippen LogP contribution in [0.15, 0.2) is 48.5 Å². The van der Waals surface area contributed by atoms with Gasteiger partial charge in [-0.3, -0.25) is 4.79 Å². The Morgan fingerprint density at radius 1 is 0.960 bits per heavy atom. The van der Waals surface area contributed by atoms with Crippen LogP contribution < -0.4 is 15.0 Å². The van der Waals surface area contributed by atoms with Gasteiger partial charge < -0.3 is 15.0 Å². The fourth-order valence-electron chi connectivity index (χ4n) is 3.35. The number of carbonyl (C=O) groups excluding carboxylic acids is 1. The van der Waals surface area contributed by atoms with E-state index in [-0.39, 0.29) is 5.91 Å². The third-order valence-electron chi connectivity index (χ3n) is 4.83. The van der Waals surface area contributed by atoms with Gasteiger partial charge in [0, 0.05) is 16.8 Å². The number of carbonyl (C=O) groups is 1. The lowest BCUT2D eigenvalue weighted by atomic mass is 10.1. The fraction of sp³-hybridized carbons (Fsp3) is 0.381. The molecule has 0 unspecified atom stereocenters. The van der Waals surface area contributed by atoms with Crippen LogP contribution in [-0.4, -0.2) is 26.1 Å². The normalized spacial score (nSPS) is 15.4. The van der Waals surface area contributed by atoms with Crippen LogP contribution in [0.5, 0.6) is 5.75 Å². The molecule has 0 radical (unpaired) electrons. The van der Waals surface area contributed by atoms with Crippen molar-refractivity contribution in [3.63, 3.8) is 0 Å². The molecular formula is C21H27N2O2+. The largest absolute Gasteiger partial charge is 0.497 e. The summed E-state index contributed by atoms with van der Waals surface area (Å²) in [4.78, 5) is 14.0. The third-order valence-corrected chi connectivity index (χ3v) is 4.83. The molecular weight excluding hydrogens is 312 g/mol. The van der Waals surface area contributed by atoms with Crippen LogP contribution >= 0.6 is 0 Å². The minimum absolute atomic E-state index is 0.0844. The van der Waals surface area contributed by atoms with Crippen molar-refractivity contribution >= 4 is 11.6 Å².